The number of carbonyl (C=O) groups excluding carboxylic acids is 1. The Bertz CT molecular complexity index is 769. The van der Waals surface area contributed by atoms with Gasteiger partial charge < -0.3 is 20.1 Å². The average Bonchev–Trinajstić information content (AvgIpc) is 2.54. The molecule has 0 amide bonds. The first-order valence-corrected chi connectivity index (χ1v) is 7.91. The van der Waals surface area contributed by atoms with Crippen LogP contribution in [0.4, 0.5) is 11.9 Å². The summed E-state index contributed by atoms with van der Waals surface area (Å²) in [6.45, 7) is 3.32. The van der Waals surface area contributed by atoms with Gasteiger partial charge in [0, 0.05) is 19.1 Å². The molecule has 0 radical (unpaired) electrons. The first kappa shape index (κ1) is 18.7. The number of nitrogen functional groups attached to an aromatic ring is 1. The van der Waals surface area contributed by atoms with E-state index in [1.807, 2.05) is 6.92 Å². The van der Waals surface area contributed by atoms with Crippen molar-refractivity contribution in [2.45, 2.75) is 26.6 Å². The van der Waals surface area contributed by atoms with Gasteiger partial charge >= 0.3 is 5.97 Å². The van der Waals surface area contributed by atoms with Crippen molar-refractivity contribution < 1.29 is 14.3 Å². The molecule has 0 saturated carbocycles. The van der Waals surface area contributed by atoms with E-state index in [-0.39, 0.29) is 18.4 Å². The minimum absolute atomic E-state index is 0.0610. The maximum Gasteiger partial charge on any atom is 0.347 e. The van der Waals surface area contributed by atoms with Crippen molar-refractivity contribution in [3.05, 3.63) is 34.6 Å². The van der Waals surface area contributed by atoms with Crippen LogP contribution in [0, 0.1) is 6.92 Å². The molecule has 0 unspecified atom stereocenters. The van der Waals surface area contributed by atoms with Gasteiger partial charge in [-0.15, -0.1) is 0 Å². The van der Waals surface area contributed by atoms with Gasteiger partial charge in [0.25, 0.3) is 0 Å². The summed E-state index contributed by atoms with van der Waals surface area (Å²) >= 11 is 5.90. The van der Waals surface area contributed by atoms with E-state index < -0.39 is 12.1 Å². The lowest BCUT2D eigenvalue weighted by atomic mass is 10.2. The molecule has 1 aromatic heterocycles. The van der Waals surface area contributed by atoms with Gasteiger partial charge in [0.05, 0.1) is 0 Å². The molecule has 134 valence electrons. The molecule has 2 rings (SSSR count). The highest BCUT2D eigenvalue weighted by atomic mass is 35.5. The maximum atomic E-state index is 12.1. The Kier molecular flexibility index (Phi) is 5.97. The van der Waals surface area contributed by atoms with Crippen LogP contribution in [0.15, 0.2) is 18.2 Å². The number of benzene rings is 1. The van der Waals surface area contributed by atoms with Crippen LogP contribution < -0.4 is 15.4 Å². The molecule has 1 heterocycles. The summed E-state index contributed by atoms with van der Waals surface area (Å²) in [5.74, 6) is 0.734. The molecule has 8 nitrogen and oxygen atoms in total. The number of hydrogen-bond acceptors (Lipinski definition) is 8. The SMILES string of the molecule is Cc1cc(Cl)ccc1O[C@@H](C)C(=O)OCc1nc(N)nc(N(C)C)n1. The highest BCUT2D eigenvalue weighted by Crippen LogP contribution is 2.23. The molecule has 0 bridgehead atoms. The third kappa shape index (κ3) is 5.18. The highest BCUT2D eigenvalue weighted by Gasteiger charge is 2.18. The molecule has 0 aliphatic rings. The third-order valence-electron chi connectivity index (χ3n) is 3.20. The highest BCUT2D eigenvalue weighted by molar-refractivity contribution is 6.30. The third-order valence-corrected chi connectivity index (χ3v) is 3.44. The fourth-order valence-electron chi connectivity index (χ4n) is 1.93. The molecular weight excluding hydrogens is 346 g/mol. The molecule has 1 aromatic carbocycles. The Morgan fingerprint density at radius 2 is 2.04 bits per heavy atom. The fourth-order valence-corrected chi connectivity index (χ4v) is 2.15. The summed E-state index contributed by atoms with van der Waals surface area (Å²) in [4.78, 5) is 25.9. The second-order valence-electron chi connectivity index (χ2n) is 5.58. The van der Waals surface area contributed by atoms with Gasteiger partial charge in [-0.25, -0.2) is 4.79 Å². The minimum Gasteiger partial charge on any atom is -0.479 e. The zero-order valence-electron chi connectivity index (χ0n) is 14.5. The van der Waals surface area contributed by atoms with Crippen molar-refractivity contribution >= 4 is 29.5 Å². The lowest BCUT2D eigenvalue weighted by Crippen LogP contribution is -2.26. The number of ether oxygens (including phenoxy) is 2. The zero-order valence-corrected chi connectivity index (χ0v) is 15.2. The number of rotatable bonds is 6. The van der Waals surface area contributed by atoms with Crippen molar-refractivity contribution in [2.75, 3.05) is 24.7 Å². The second-order valence-corrected chi connectivity index (χ2v) is 6.02. The quantitative estimate of drug-likeness (QED) is 0.775. The van der Waals surface area contributed by atoms with E-state index >= 15 is 0 Å². The number of nitrogens with two attached hydrogens (primary N) is 1. The molecular formula is C16H20ClN5O3. The van der Waals surface area contributed by atoms with Crippen LogP contribution in [0.1, 0.15) is 18.3 Å². The van der Waals surface area contributed by atoms with E-state index in [1.165, 1.54) is 0 Å². The number of aryl methyl sites for hydroxylation is 1. The zero-order chi connectivity index (χ0) is 18.6. The number of nitrogens with zero attached hydrogens (tertiary/aromatic N) is 4. The van der Waals surface area contributed by atoms with E-state index in [0.717, 1.165) is 5.56 Å². The van der Waals surface area contributed by atoms with Crippen LogP contribution in [0.5, 0.6) is 5.75 Å². The van der Waals surface area contributed by atoms with Gasteiger partial charge in [-0.2, -0.15) is 15.0 Å². The number of carbonyl (C=O) groups is 1. The molecule has 2 N–H and O–H groups in total. The summed E-state index contributed by atoms with van der Waals surface area (Å²) < 4.78 is 10.8. The largest absolute Gasteiger partial charge is 0.479 e. The maximum absolute atomic E-state index is 12.1. The molecule has 25 heavy (non-hydrogen) atoms. The second kappa shape index (κ2) is 7.98. The summed E-state index contributed by atoms with van der Waals surface area (Å²) in [6, 6.07) is 5.15. The fraction of sp³-hybridized carbons (Fsp3) is 0.375. The van der Waals surface area contributed by atoms with E-state index in [1.54, 1.807) is 44.1 Å². The van der Waals surface area contributed by atoms with Gasteiger partial charge in [-0.1, -0.05) is 11.6 Å². The Balaban J connectivity index is 1.97. The van der Waals surface area contributed by atoms with Crippen molar-refractivity contribution in [2.24, 2.45) is 0 Å². The van der Waals surface area contributed by atoms with Crippen LogP contribution in [0.3, 0.4) is 0 Å². The van der Waals surface area contributed by atoms with Crippen LogP contribution >= 0.6 is 11.6 Å². The van der Waals surface area contributed by atoms with Crippen LogP contribution in [-0.2, 0) is 16.1 Å². The van der Waals surface area contributed by atoms with Gasteiger partial charge in [0.1, 0.15) is 5.75 Å². The van der Waals surface area contributed by atoms with Crippen molar-refractivity contribution in [3.8, 4) is 5.75 Å². The van der Waals surface area contributed by atoms with Crippen LogP contribution in [0.2, 0.25) is 5.02 Å². The first-order chi connectivity index (χ1) is 11.8. The van der Waals surface area contributed by atoms with E-state index in [0.29, 0.717) is 16.7 Å². The van der Waals surface area contributed by atoms with Crippen molar-refractivity contribution in [1.82, 2.24) is 15.0 Å². The molecule has 2 aromatic rings. The van der Waals surface area contributed by atoms with Crippen LogP contribution in [-0.4, -0.2) is 41.1 Å². The van der Waals surface area contributed by atoms with E-state index in [4.69, 9.17) is 26.8 Å². The molecule has 0 fully saturated rings. The first-order valence-electron chi connectivity index (χ1n) is 7.53. The molecule has 0 spiro atoms. The Morgan fingerprint density at radius 1 is 1.32 bits per heavy atom. The van der Waals surface area contributed by atoms with E-state index in [9.17, 15) is 4.79 Å². The van der Waals surface area contributed by atoms with E-state index in [2.05, 4.69) is 15.0 Å². The normalized spacial score (nSPS) is 11.7. The number of anilines is 2. The number of halogens is 1. The Hall–Kier alpha value is -2.61. The summed E-state index contributed by atoms with van der Waals surface area (Å²) in [7, 11) is 3.55. The Morgan fingerprint density at radius 3 is 2.68 bits per heavy atom. The standard InChI is InChI=1S/C16H20ClN5O3/c1-9-7-11(17)5-6-12(9)25-10(2)14(23)24-8-13-19-15(18)21-16(20-13)22(3)4/h5-7,10H,8H2,1-4H3,(H2,18,19,20,21)/t10-/m0/s1. The topological polar surface area (TPSA) is 103 Å². The predicted octanol–water partition coefficient (Wildman–Crippen LogP) is 1.99. The summed E-state index contributed by atoms with van der Waals surface area (Å²) in [5.41, 5.74) is 6.46. The minimum atomic E-state index is -0.799. The van der Waals surface area contributed by atoms with Crippen molar-refractivity contribution in [3.63, 3.8) is 0 Å². The van der Waals surface area contributed by atoms with Crippen molar-refractivity contribution in [1.29, 1.82) is 0 Å². The van der Waals surface area contributed by atoms with Gasteiger partial charge in [-0.3, -0.25) is 0 Å². The molecule has 0 aliphatic heterocycles. The lowest BCUT2D eigenvalue weighted by Gasteiger charge is -2.16. The monoisotopic (exact) mass is 365 g/mol. The number of hydrogen-bond donors (Lipinski definition) is 1. The van der Waals surface area contributed by atoms with Gasteiger partial charge in [0.2, 0.25) is 11.9 Å². The Labute approximate surface area is 150 Å². The predicted molar refractivity (Wildman–Crippen MR) is 94.6 cm³/mol. The molecule has 0 aliphatic carbocycles. The van der Waals surface area contributed by atoms with Gasteiger partial charge in [-0.05, 0) is 37.6 Å². The number of aromatic nitrogens is 3. The van der Waals surface area contributed by atoms with Gasteiger partial charge in [0.15, 0.2) is 18.5 Å². The lowest BCUT2D eigenvalue weighted by molar-refractivity contribution is -0.152. The molecule has 9 heteroatoms. The smallest absolute Gasteiger partial charge is 0.347 e. The number of esters is 1. The summed E-state index contributed by atoms with van der Waals surface area (Å²) in [5, 5.41) is 0.601. The molecule has 1 atom stereocenters. The molecule has 0 saturated heterocycles. The average molecular weight is 366 g/mol. The van der Waals surface area contributed by atoms with Crippen LogP contribution in [0.25, 0.3) is 0 Å². The summed E-state index contributed by atoms with van der Waals surface area (Å²) in [6.07, 6.45) is -0.799.